The lowest BCUT2D eigenvalue weighted by Gasteiger charge is -2.27. The summed E-state index contributed by atoms with van der Waals surface area (Å²) in [6.07, 6.45) is 0.922. The predicted octanol–water partition coefficient (Wildman–Crippen LogP) is 1.46. The Balaban J connectivity index is 2.06. The number of hydrogen-bond donors (Lipinski definition) is 1. The number of amides is 2. The second-order valence-corrected chi connectivity index (χ2v) is 5.17. The molecular weight excluding hydrogens is 294 g/mol. The summed E-state index contributed by atoms with van der Waals surface area (Å²) in [6.45, 7) is 0. The van der Waals surface area contributed by atoms with Gasteiger partial charge in [0, 0.05) is 18.8 Å². The molecule has 1 aromatic rings. The van der Waals surface area contributed by atoms with Crippen LogP contribution in [0.2, 0.25) is 0 Å². The molecule has 0 aliphatic carbocycles. The van der Waals surface area contributed by atoms with Crippen molar-refractivity contribution in [3.63, 3.8) is 0 Å². The van der Waals surface area contributed by atoms with Gasteiger partial charge in [0.15, 0.2) is 5.13 Å². The number of anilines is 1. The van der Waals surface area contributed by atoms with E-state index in [1.54, 1.807) is 0 Å². The lowest BCUT2D eigenvalue weighted by molar-refractivity contribution is -0.146. The maximum Gasteiger partial charge on any atom is 0.251 e. The Bertz CT molecular complexity index is 434. The number of rotatable bonds is 2. The number of nitrogens with one attached hydrogen (secondary N) is 1. The number of thiazole rings is 1. The highest BCUT2D eigenvalue weighted by molar-refractivity contribution is 9.10. The van der Waals surface area contributed by atoms with Crippen LogP contribution in [0.4, 0.5) is 5.13 Å². The maximum absolute atomic E-state index is 11.8. The zero-order chi connectivity index (χ0) is 11.7. The Morgan fingerprint density at radius 2 is 2.38 bits per heavy atom. The standard InChI is InChI=1S/C9H10BrN3O2S/c1-13-7(14)3-2-5(8(13)15)11-9-12-6(10)4-16-9/h4-5H,2-3H2,1H3,(H,11,12). The number of halogens is 1. The molecule has 0 bridgehead atoms. The van der Waals surface area contributed by atoms with Gasteiger partial charge in [0.2, 0.25) is 5.91 Å². The molecule has 0 spiro atoms. The van der Waals surface area contributed by atoms with Crippen LogP contribution < -0.4 is 5.32 Å². The zero-order valence-electron chi connectivity index (χ0n) is 8.57. The Kier molecular flexibility index (Phi) is 3.25. The summed E-state index contributed by atoms with van der Waals surface area (Å²) in [5.41, 5.74) is 0. The second-order valence-electron chi connectivity index (χ2n) is 3.50. The number of likely N-dealkylation sites (tertiary alicyclic amines) is 1. The second kappa shape index (κ2) is 4.50. The topological polar surface area (TPSA) is 62.3 Å². The molecule has 1 saturated heterocycles. The number of likely N-dealkylation sites (N-methyl/N-ethyl adjacent to an activating group) is 1. The van der Waals surface area contributed by atoms with E-state index in [0.29, 0.717) is 18.0 Å². The van der Waals surface area contributed by atoms with Crippen LogP contribution in [0.15, 0.2) is 9.98 Å². The van der Waals surface area contributed by atoms with Gasteiger partial charge in [0.25, 0.3) is 5.91 Å². The highest BCUT2D eigenvalue weighted by Gasteiger charge is 2.31. The SMILES string of the molecule is CN1C(=O)CCC(Nc2nc(Br)cs2)C1=O. The van der Waals surface area contributed by atoms with Crippen LogP contribution in [0.1, 0.15) is 12.8 Å². The van der Waals surface area contributed by atoms with E-state index in [4.69, 9.17) is 0 Å². The van der Waals surface area contributed by atoms with Gasteiger partial charge in [-0.25, -0.2) is 4.98 Å². The van der Waals surface area contributed by atoms with Crippen molar-refractivity contribution in [1.82, 2.24) is 9.88 Å². The highest BCUT2D eigenvalue weighted by Crippen LogP contribution is 2.22. The summed E-state index contributed by atoms with van der Waals surface area (Å²) >= 11 is 4.67. The molecule has 0 radical (unpaired) electrons. The van der Waals surface area contributed by atoms with E-state index in [9.17, 15) is 9.59 Å². The smallest absolute Gasteiger partial charge is 0.251 e. The van der Waals surface area contributed by atoms with Gasteiger partial charge in [-0.3, -0.25) is 14.5 Å². The molecule has 0 saturated carbocycles. The lowest BCUT2D eigenvalue weighted by Crippen LogP contribution is -2.48. The number of carbonyl (C=O) groups is 2. The van der Waals surface area contributed by atoms with Gasteiger partial charge >= 0.3 is 0 Å². The summed E-state index contributed by atoms with van der Waals surface area (Å²) in [7, 11) is 1.51. The largest absolute Gasteiger partial charge is 0.350 e. The van der Waals surface area contributed by atoms with Crippen LogP contribution in [0, 0.1) is 0 Å². The van der Waals surface area contributed by atoms with E-state index < -0.39 is 0 Å². The van der Waals surface area contributed by atoms with Crippen molar-refractivity contribution in [1.29, 1.82) is 0 Å². The van der Waals surface area contributed by atoms with Gasteiger partial charge in [0.1, 0.15) is 10.6 Å². The van der Waals surface area contributed by atoms with Crippen molar-refractivity contribution in [3.8, 4) is 0 Å². The van der Waals surface area contributed by atoms with Crippen LogP contribution in [0.5, 0.6) is 0 Å². The molecule has 86 valence electrons. The molecule has 0 aromatic carbocycles. The average Bonchev–Trinajstić information content (AvgIpc) is 2.65. The highest BCUT2D eigenvalue weighted by atomic mass is 79.9. The summed E-state index contributed by atoms with van der Waals surface area (Å²) in [5.74, 6) is -0.314. The van der Waals surface area contributed by atoms with E-state index in [0.717, 1.165) is 4.60 Å². The Morgan fingerprint density at radius 3 is 3.00 bits per heavy atom. The fraction of sp³-hybridized carbons (Fsp3) is 0.444. The molecular formula is C9H10BrN3O2S. The summed E-state index contributed by atoms with van der Waals surface area (Å²) < 4.78 is 0.743. The first kappa shape index (κ1) is 11.5. The van der Waals surface area contributed by atoms with Gasteiger partial charge in [0.05, 0.1) is 0 Å². The van der Waals surface area contributed by atoms with Crippen LogP contribution in [-0.2, 0) is 9.59 Å². The molecule has 1 atom stereocenters. The quantitative estimate of drug-likeness (QED) is 0.840. The third kappa shape index (κ3) is 2.25. The van der Waals surface area contributed by atoms with E-state index in [2.05, 4.69) is 26.2 Å². The molecule has 1 N–H and O–H groups in total. The van der Waals surface area contributed by atoms with Crippen LogP contribution in [0.3, 0.4) is 0 Å². The number of hydrogen-bond acceptors (Lipinski definition) is 5. The minimum atomic E-state index is -0.347. The number of carbonyl (C=O) groups excluding carboxylic acids is 2. The van der Waals surface area contributed by atoms with E-state index >= 15 is 0 Å². The van der Waals surface area contributed by atoms with Crippen LogP contribution in [0.25, 0.3) is 0 Å². The van der Waals surface area contributed by atoms with Crippen molar-refractivity contribution in [3.05, 3.63) is 9.98 Å². The first-order valence-corrected chi connectivity index (χ1v) is 6.43. The monoisotopic (exact) mass is 303 g/mol. The lowest BCUT2D eigenvalue weighted by atomic mass is 10.1. The number of piperidine rings is 1. The van der Waals surface area contributed by atoms with E-state index in [1.165, 1.54) is 23.3 Å². The number of aromatic nitrogens is 1. The minimum absolute atomic E-state index is 0.122. The average molecular weight is 304 g/mol. The first-order chi connectivity index (χ1) is 7.58. The van der Waals surface area contributed by atoms with Gasteiger partial charge in [-0.15, -0.1) is 11.3 Å². The fourth-order valence-corrected chi connectivity index (χ4v) is 2.72. The molecule has 2 rings (SSSR count). The molecule has 1 aromatic heterocycles. The molecule has 1 unspecified atom stereocenters. The third-order valence-corrected chi connectivity index (χ3v) is 3.91. The van der Waals surface area contributed by atoms with Gasteiger partial charge in [-0.05, 0) is 22.4 Å². The van der Waals surface area contributed by atoms with E-state index in [1.807, 2.05) is 5.38 Å². The van der Waals surface area contributed by atoms with Crippen LogP contribution >= 0.6 is 27.3 Å². The maximum atomic E-state index is 11.8. The summed E-state index contributed by atoms with van der Waals surface area (Å²) in [4.78, 5) is 28.3. The summed E-state index contributed by atoms with van der Waals surface area (Å²) in [6, 6.07) is -0.347. The molecule has 1 aliphatic rings. The first-order valence-electron chi connectivity index (χ1n) is 4.76. The van der Waals surface area contributed by atoms with Crippen molar-refractivity contribution in [2.24, 2.45) is 0 Å². The molecule has 7 heteroatoms. The normalized spacial score (nSPS) is 21.4. The van der Waals surface area contributed by atoms with Gasteiger partial charge < -0.3 is 5.32 Å². The molecule has 1 fully saturated rings. The molecule has 1 aliphatic heterocycles. The Labute approximate surface area is 105 Å². The number of nitrogens with zero attached hydrogens (tertiary/aromatic N) is 2. The zero-order valence-corrected chi connectivity index (χ0v) is 11.0. The van der Waals surface area contributed by atoms with Crippen molar-refractivity contribution in [2.45, 2.75) is 18.9 Å². The van der Waals surface area contributed by atoms with Crippen molar-refractivity contribution >= 4 is 44.2 Å². The predicted molar refractivity (Wildman–Crippen MR) is 64.2 cm³/mol. The Morgan fingerprint density at radius 1 is 1.62 bits per heavy atom. The van der Waals surface area contributed by atoms with Gasteiger partial charge in [-0.2, -0.15) is 0 Å². The summed E-state index contributed by atoms with van der Waals surface area (Å²) in [5, 5.41) is 5.56. The van der Waals surface area contributed by atoms with Crippen LogP contribution in [-0.4, -0.2) is 34.8 Å². The third-order valence-electron chi connectivity index (χ3n) is 2.42. The minimum Gasteiger partial charge on any atom is -0.350 e. The molecule has 2 heterocycles. The molecule has 16 heavy (non-hydrogen) atoms. The number of imide groups is 1. The fourth-order valence-electron chi connectivity index (χ4n) is 1.52. The van der Waals surface area contributed by atoms with Crippen molar-refractivity contribution in [2.75, 3.05) is 12.4 Å². The van der Waals surface area contributed by atoms with Gasteiger partial charge in [-0.1, -0.05) is 0 Å². The molecule has 5 nitrogen and oxygen atoms in total. The molecule has 2 amide bonds. The van der Waals surface area contributed by atoms with E-state index in [-0.39, 0.29) is 17.9 Å². The van der Waals surface area contributed by atoms with Crippen molar-refractivity contribution < 1.29 is 9.59 Å². The Hall–Kier alpha value is -0.950.